The van der Waals surface area contributed by atoms with Gasteiger partial charge in [0.1, 0.15) is 5.75 Å². The summed E-state index contributed by atoms with van der Waals surface area (Å²) in [5.41, 5.74) is 22.6. The maximum Gasteiger partial charge on any atom is 0.416 e. The van der Waals surface area contributed by atoms with Gasteiger partial charge < -0.3 is 27.7 Å². The molecule has 0 aliphatic heterocycles. The SMILES string of the molecule is NNCCC#Cc1cc(-c2cc(OCCCN=C(N)N)cc(-c3cc(C#CCCN=C(N)N)cc(C(F)(F)F)c3)c2)cc(C(F)(F)F)c1. The second-order valence-electron chi connectivity index (χ2n) is 10.2. The summed E-state index contributed by atoms with van der Waals surface area (Å²) in [6, 6.07) is 11.1. The molecule has 3 aromatic rings. The number of alkyl halides is 6. The molecule has 0 unspecified atom stereocenters. The number of ether oxygens (including phenoxy) is 1. The van der Waals surface area contributed by atoms with Crippen molar-refractivity contribution < 1.29 is 31.1 Å². The summed E-state index contributed by atoms with van der Waals surface area (Å²) in [7, 11) is 0. The molecule has 0 bridgehead atoms. The Morgan fingerprint density at radius 1 is 0.646 bits per heavy atom. The Morgan fingerprint density at radius 3 is 1.60 bits per heavy atom. The number of hydrogen-bond acceptors (Lipinski definition) is 5. The van der Waals surface area contributed by atoms with Crippen LogP contribution in [0.4, 0.5) is 26.3 Å². The number of benzene rings is 3. The van der Waals surface area contributed by atoms with Crippen molar-refractivity contribution in [1.82, 2.24) is 5.43 Å². The Hall–Kier alpha value is -5.38. The van der Waals surface area contributed by atoms with Crippen LogP contribution in [0.15, 0.2) is 64.6 Å². The van der Waals surface area contributed by atoms with Crippen LogP contribution in [0.5, 0.6) is 5.75 Å². The van der Waals surface area contributed by atoms with Gasteiger partial charge in [-0.3, -0.25) is 21.3 Å². The average molecular weight is 673 g/mol. The van der Waals surface area contributed by atoms with E-state index < -0.39 is 23.5 Å². The van der Waals surface area contributed by atoms with Crippen LogP contribution in [-0.4, -0.2) is 38.2 Å². The lowest BCUT2D eigenvalue weighted by Crippen LogP contribution is -2.23. The van der Waals surface area contributed by atoms with Crippen molar-refractivity contribution in [1.29, 1.82) is 0 Å². The molecular formula is C33H34F6N8O. The lowest BCUT2D eigenvalue weighted by molar-refractivity contribution is -0.138. The number of aliphatic imine (C=N–C) groups is 2. The Balaban J connectivity index is 2.19. The van der Waals surface area contributed by atoms with Gasteiger partial charge in [0.15, 0.2) is 11.9 Å². The van der Waals surface area contributed by atoms with E-state index in [2.05, 4.69) is 39.1 Å². The van der Waals surface area contributed by atoms with Crippen molar-refractivity contribution in [3.05, 3.63) is 76.9 Å². The van der Waals surface area contributed by atoms with Crippen molar-refractivity contribution in [3.8, 4) is 51.7 Å². The Bertz CT molecular complexity index is 1750. The zero-order valence-electron chi connectivity index (χ0n) is 25.6. The second-order valence-corrected chi connectivity index (χ2v) is 10.2. The maximum absolute atomic E-state index is 14.0. The molecule has 0 radical (unpaired) electrons. The highest BCUT2D eigenvalue weighted by Gasteiger charge is 2.32. The summed E-state index contributed by atoms with van der Waals surface area (Å²) < 4.78 is 89.7. The molecule has 15 heteroatoms. The van der Waals surface area contributed by atoms with Gasteiger partial charge in [0.25, 0.3) is 0 Å². The van der Waals surface area contributed by atoms with Gasteiger partial charge in [0.2, 0.25) is 0 Å². The average Bonchev–Trinajstić information content (AvgIpc) is 3.01. The molecule has 0 heterocycles. The molecule has 254 valence electrons. The van der Waals surface area contributed by atoms with Gasteiger partial charge in [0.05, 0.1) is 24.3 Å². The summed E-state index contributed by atoms with van der Waals surface area (Å²) >= 11 is 0. The van der Waals surface area contributed by atoms with E-state index in [9.17, 15) is 26.3 Å². The summed E-state index contributed by atoms with van der Waals surface area (Å²) in [6.07, 6.45) is -8.59. The minimum Gasteiger partial charge on any atom is -0.493 e. The van der Waals surface area contributed by atoms with Crippen LogP contribution >= 0.6 is 0 Å². The number of nitrogens with zero attached hydrogens (tertiary/aromatic N) is 2. The van der Waals surface area contributed by atoms with Crippen LogP contribution in [0.3, 0.4) is 0 Å². The fourth-order valence-corrected chi connectivity index (χ4v) is 4.24. The van der Waals surface area contributed by atoms with E-state index in [0.717, 1.165) is 24.3 Å². The number of guanidine groups is 2. The number of nitrogens with one attached hydrogen (secondary N) is 1. The van der Waals surface area contributed by atoms with Gasteiger partial charge in [0, 0.05) is 43.5 Å². The molecule has 0 amide bonds. The standard InChI is InChI=1S/C33H34F6N8O/c34-32(35,36)27-14-21(6-1-3-8-45-30(40)41)12-23(17-27)25-16-26(20-29(19-25)48-11-5-9-46-31(42)43)24-13-22(7-2-4-10-47-44)15-28(18-24)33(37,38)39/h12-20,47H,3-5,8-11,44H2,(H4,40,41,45)(H4,42,43,46). The number of hydrazine groups is 1. The van der Waals surface area contributed by atoms with Gasteiger partial charge in [-0.2, -0.15) is 26.3 Å². The molecule has 3 aromatic carbocycles. The molecule has 9 nitrogen and oxygen atoms in total. The van der Waals surface area contributed by atoms with Crippen LogP contribution in [0.2, 0.25) is 0 Å². The molecule has 11 N–H and O–H groups in total. The van der Waals surface area contributed by atoms with Crippen LogP contribution < -0.4 is 38.9 Å². The van der Waals surface area contributed by atoms with E-state index in [1.165, 1.54) is 30.3 Å². The van der Waals surface area contributed by atoms with Crippen molar-refractivity contribution in [3.63, 3.8) is 0 Å². The highest BCUT2D eigenvalue weighted by Crippen LogP contribution is 2.38. The second kappa shape index (κ2) is 17.0. The monoisotopic (exact) mass is 672 g/mol. The predicted octanol–water partition coefficient (Wildman–Crippen LogP) is 4.32. The number of halogens is 6. The summed E-state index contributed by atoms with van der Waals surface area (Å²) in [4.78, 5) is 7.67. The van der Waals surface area contributed by atoms with Crippen molar-refractivity contribution in [2.75, 3.05) is 26.2 Å². The minimum atomic E-state index is -4.72. The Morgan fingerprint density at radius 2 is 1.12 bits per heavy atom. The fraction of sp³-hybridized carbons (Fsp3) is 0.273. The molecule has 3 rings (SSSR count). The van der Waals surface area contributed by atoms with Crippen molar-refractivity contribution in [2.45, 2.75) is 31.6 Å². The number of hydrogen-bond donors (Lipinski definition) is 6. The van der Waals surface area contributed by atoms with Gasteiger partial charge >= 0.3 is 12.4 Å². The van der Waals surface area contributed by atoms with E-state index in [1.54, 1.807) is 0 Å². The molecule has 0 fully saturated rings. The first-order valence-electron chi connectivity index (χ1n) is 14.4. The van der Waals surface area contributed by atoms with Gasteiger partial charge in [-0.05, 0) is 76.9 Å². The summed E-state index contributed by atoms with van der Waals surface area (Å²) in [5.74, 6) is 16.1. The molecule has 0 saturated carbocycles. The first-order chi connectivity index (χ1) is 22.7. The zero-order chi connectivity index (χ0) is 35.3. The van der Waals surface area contributed by atoms with Crippen LogP contribution in [0.1, 0.15) is 41.5 Å². The summed E-state index contributed by atoms with van der Waals surface area (Å²) in [6.45, 7) is 0.817. The molecule has 0 aromatic heterocycles. The van der Waals surface area contributed by atoms with Crippen LogP contribution in [0, 0.1) is 23.7 Å². The van der Waals surface area contributed by atoms with Gasteiger partial charge in [-0.15, -0.1) is 0 Å². The molecule has 0 saturated heterocycles. The van der Waals surface area contributed by atoms with Crippen molar-refractivity contribution >= 4 is 11.9 Å². The first kappa shape index (κ1) is 37.1. The molecule has 0 atom stereocenters. The molecule has 0 aliphatic rings. The first-order valence-corrected chi connectivity index (χ1v) is 14.4. The number of nitrogens with two attached hydrogens (primary N) is 5. The van der Waals surface area contributed by atoms with E-state index in [-0.39, 0.29) is 83.6 Å². The normalized spacial score (nSPS) is 11.1. The highest BCUT2D eigenvalue weighted by atomic mass is 19.4. The van der Waals surface area contributed by atoms with Gasteiger partial charge in [-0.25, -0.2) is 0 Å². The quantitative estimate of drug-likeness (QED) is 0.0334. The topological polar surface area (TPSA) is 176 Å². The highest BCUT2D eigenvalue weighted by molar-refractivity contribution is 5.78. The fourth-order valence-electron chi connectivity index (χ4n) is 4.24. The summed E-state index contributed by atoms with van der Waals surface area (Å²) in [5, 5.41) is 0. The molecular weight excluding hydrogens is 638 g/mol. The van der Waals surface area contributed by atoms with Crippen LogP contribution in [-0.2, 0) is 12.4 Å². The van der Waals surface area contributed by atoms with E-state index in [1.807, 2.05) is 0 Å². The lowest BCUT2D eigenvalue weighted by atomic mass is 9.94. The van der Waals surface area contributed by atoms with Crippen LogP contribution in [0.25, 0.3) is 22.3 Å². The largest absolute Gasteiger partial charge is 0.493 e. The smallest absolute Gasteiger partial charge is 0.416 e. The molecule has 0 aliphatic carbocycles. The van der Waals surface area contributed by atoms with E-state index in [0.29, 0.717) is 13.0 Å². The zero-order valence-corrected chi connectivity index (χ0v) is 25.6. The lowest BCUT2D eigenvalue weighted by Gasteiger charge is -2.15. The van der Waals surface area contributed by atoms with E-state index >= 15 is 0 Å². The third-order valence-electron chi connectivity index (χ3n) is 6.35. The third kappa shape index (κ3) is 12.1. The Kier molecular flexibility index (Phi) is 13.1. The predicted molar refractivity (Wildman–Crippen MR) is 174 cm³/mol. The van der Waals surface area contributed by atoms with Gasteiger partial charge in [-0.1, -0.05) is 23.7 Å². The van der Waals surface area contributed by atoms with E-state index in [4.69, 9.17) is 33.5 Å². The Labute approximate surface area is 273 Å². The number of rotatable bonds is 11. The van der Waals surface area contributed by atoms with Crippen molar-refractivity contribution in [2.24, 2.45) is 38.8 Å². The maximum atomic E-state index is 14.0. The molecule has 48 heavy (non-hydrogen) atoms. The molecule has 0 spiro atoms. The minimum absolute atomic E-state index is 0.0539. The third-order valence-corrected chi connectivity index (χ3v) is 6.35.